The second-order valence-electron chi connectivity index (χ2n) is 22.4. The highest BCUT2D eigenvalue weighted by Crippen LogP contribution is 2.38. The molecule has 11 atom stereocenters. The molecule has 2 bridgehead atoms. The second-order valence-corrected chi connectivity index (χ2v) is 25.0. The van der Waals surface area contributed by atoms with Crippen LogP contribution in [0.4, 0.5) is 17.6 Å². The van der Waals surface area contributed by atoms with Crippen molar-refractivity contribution >= 4 is 98.3 Å². The van der Waals surface area contributed by atoms with E-state index in [4.69, 9.17) is 10.5 Å². The summed E-state index contributed by atoms with van der Waals surface area (Å²) >= 11 is 1.40. The van der Waals surface area contributed by atoms with Crippen molar-refractivity contribution in [2.24, 2.45) is 29.4 Å². The molecular formula is C58H75F4N9O17S2. The number of nitrogens with two attached hydrogens (primary N) is 1. The number of unbranched alkanes of at least 4 members (excludes halogenated alkanes) is 1. The number of ether oxygens (including phenoxy) is 2. The Morgan fingerprint density at radius 2 is 1.59 bits per heavy atom. The molecule has 1 fully saturated rings. The molecule has 0 spiro atoms. The Morgan fingerprint density at radius 3 is 2.26 bits per heavy atom. The van der Waals surface area contributed by atoms with Crippen LogP contribution in [0.3, 0.4) is 0 Å². The van der Waals surface area contributed by atoms with Crippen LogP contribution in [-0.4, -0.2) is 182 Å². The normalized spacial score (nSPS) is 23.7. The summed E-state index contributed by atoms with van der Waals surface area (Å²) in [5.41, 5.74) is 6.51. The number of carbonyl (C=O) groups is 11. The van der Waals surface area contributed by atoms with Crippen LogP contribution in [0.2, 0.25) is 0 Å². The summed E-state index contributed by atoms with van der Waals surface area (Å²) in [6.07, 6.45) is -5.51. The number of nitrogens with zero attached hydrogens (tertiary/aromatic N) is 1. The van der Waals surface area contributed by atoms with E-state index in [-0.39, 0.29) is 41.8 Å². The summed E-state index contributed by atoms with van der Waals surface area (Å²) in [6.45, 7) is 2.09. The summed E-state index contributed by atoms with van der Waals surface area (Å²) in [4.78, 5) is 156. The number of benzene rings is 2. The minimum absolute atomic E-state index is 0.0434. The first-order valence-corrected chi connectivity index (χ1v) is 31.7. The van der Waals surface area contributed by atoms with Crippen LogP contribution in [0.15, 0.2) is 23.2 Å². The number of ketones is 2. The van der Waals surface area contributed by atoms with E-state index in [9.17, 15) is 85.6 Å². The van der Waals surface area contributed by atoms with Crippen molar-refractivity contribution in [1.82, 2.24) is 41.8 Å². The number of aromatic nitrogens is 1. The van der Waals surface area contributed by atoms with Crippen molar-refractivity contribution in [3.8, 4) is 11.5 Å². The van der Waals surface area contributed by atoms with Crippen molar-refractivity contribution in [3.63, 3.8) is 0 Å². The van der Waals surface area contributed by atoms with Gasteiger partial charge in [-0.15, -0.1) is 0 Å². The molecule has 6 rings (SSSR count). The first-order chi connectivity index (χ1) is 42.7. The third-order valence-electron chi connectivity index (χ3n) is 16.0. The van der Waals surface area contributed by atoms with E-state index in [1.807, 2.05) is 0 Å². The summed E-state index contributed by atoms with van der Waals surface area (Å²) in [5, 5.41) is 47.3. The van der Waals surface area contributed by atoms with Gasteiger partial charge in [0.05, 0.1) is 73.5 Å². The van der Waals surface area contributed by atoms with Gasteiger partial charge < -0.3 is 72.3 Å². The Bertz CT molecular complexity index is 3220. The summed E-state index contributed by atoms with van der Waals surface area (Å²) < 4.78 is 80.6. The highest BCUT2D eigenvalue weighted by Gasteiger charge is 2.45. The largest absolute Gasteiger partial charge is 0.496 e. The maximum absolute atomic E-state index is 15.3. The van der Waals surface area contributed by atoms with E-state index in [1.165, 1.54) is 25.8 Å². The van der Waals surface area contributed by atoms with Crippen LogP contribution in [0.1, 0.15) is 96.1 Å². The number of amides is 8. The molecule has 12 N–H and O–H groups in total. The number of H-pyrrole nitrogens is 1. The molecule has 1 aromatic heterocycles. The summed E-state index contributed by atoms with van der Waals surface area (Å²) in [5.74, 6) is -23.4. The minimum Gasteiger partial charge on any atom is -0.496 e. The molecule has 1 saturated heterocycles. The van der Waals surface area contributed by atoms with Gasteiger partial charge in [-0.3, -0.25) is 56.9 Å². The van der Waals surface area contributed by atoms with Crippen LogP contribution in [-0.2, 0) is 75.7 Å². The standard InChI is InChI=1S/C58H75F4N9O17S2/c1-5-27(2)33-17-30(73)21-65-53(81)29-15-34-32-11-12-43(87-4)35(25-89-14-7-6-13-64-45(78)9-8-10-47(80)88-52-48(61)36(59)19-37(60)49(52)62)51(32)70-57(34)90(86)26-39(67-46(79)22-66-54(33)82)55(83)68-38(20-44(63)77)58(85)71-23-31(74)18-40(71)56(84)69-50(41(75)16-29)28(3)42(76)24-72/h11-12,19,27-29,31,33,38-40,42,50,70,72,74,76H,5-10,13-18,20-26H2,1-4H3,(H2,63,77)(H,64,78)(H,65,81)(H,66,82)(H,67,79)(H,68,83)(H,69,84)/t27-,28-,29+,31+,33-,38-,39-,40-,42-,50-,90?/m0/s1. The lowest BCUT2D eigenvalue weighted by molar-refractivity contribution is -0.144. The van der Waals surface area contributed by atoms with Gasteiger partial charge in [-0.05, 0) is 55.1 Å². The highest BCUT2D eigenvalue weighted by atomic mass is 32.2. The van der Waals surface area contributed by atoms with Gasteiger partial charge in [-0.1, -0.05) is 27.2 Å². The fourth-order valence-electron chi connectivity index (χ4n) is 10.7. The van der Waals surface area contributed by atoms with Gasteiger partial charge in [0.25, 0.3) is 0 Å². The number of aliphatic hydroxyl groups is 3. The van der Waals surface area contributed by atoms with Gasteiger partial charge in [0, 0.05) is 85.7 Å². The Kier molecular flexibility index (Phi) is 26.2. The predicted molar refractivity (Wildman–Crippen MR) is 314 cm³/mol. The first-order valence-electron chi connectivity index (χ1n) is 29.2. The Labute approximate surface area is 520 Å². The van der Waals surface area contributed by atoms with Gasteiger partial charge in [-0.2, -0.15) is 20.5 Å². The first kappa shape index (κ1) is 71.5. The van der Waals surface area contributed by atoms with Crippen molar-refractivity contribution in [2.75, 3.05) is 51.4 Å². The van der Waals surface area contributed by atoms with Crippen LogP contribution in [0, 0.1) is 46.9 Å². The van der Waals surface area contributed by atoms with Gasteiger partial charge in [0.1, 0.15) is 28.9 Å². The number of methoxy groups -OCH3 is 1. The Balaban J connectivity index is 1.36. The molecule has 494 valence electrons. The van der Waals surface area contributed by atoms with E-state index in [1.54, 1.807) is 26.0 Å². The molecule has 26 nitrogen and oxygen atoms in total. The summed E-state index contributed by atoms with van der Waals surface area (Å²) in [6, 6.07) is -3.96. The van der Waals surface area contributed by atoms with E-state index in [2.05, 4.69) is 41.6 Å². The number of primary amides is 1. The number of hydrogen-bond donors (Lipinski definition) is 11. The molecule has 1 unspecified atom stereocenters. The smallest absolute Gasteiger partial charge is 0.311 e. The number of nitrogens with one attached hydrogen (secondary N) is 7. The molecule has 32 heteroatoms. The number of aromatic amines is 1. The molecule has 90 heavy (non-hydrogen) atoms. The molecule has 3 aliphatic rings. The molecular weight excluding hydrogens is 1230 g/mol. The fourth-order valence-corrected chi connectivity index (χ4v) is 13.2. The quantitative estimate of drug-likeness (QED) is 0.0234. The maximum atomic E-state index is 15.3. The molecule has 4 heterocycles. The third kappa shape index (κ3) is 18.6. The number of carbonyl (C=O) groups excluding carboxylic acids is 11. The lowest BCUT2D eigenvalue weighted by Crippen LogP contribution is -2.60. The number of halogens is 4. The van der Waals surface area contributed by atoms with E-state index < -0.39 is 235 Å². The molecule has 8 amide bonds. The number of fused-ring (bicyclic) bond motifs is 5. The lowest BCUT2D eigenvalue weighted by atomic mass is 9.85. The van der Waals surface area contributed by atoms with E-state index in [0.717, 1.165) is 4.90 Å². The van der Waals surface area contributed by atoms with Crippen LogP contribution in [0.25, 0.3) is 10.9 Å². The predicted octanol–water partition coefficient (Wildman–Crippen LogP) is 0.0259. The zero-order chi connectivity index (χ0) is 66.3. The molecule has 2 aromatic carbocycles. The lowest BCUT2D eigenvalue weighted by Gasteiger charge is -2.32. The molecule has 0 radical (unpaired) electrons. The second kappa shape index (κ2) is 33.0. The highest BCUT2D eigenvalue weighted by molar-refractivity contribution is 7.98. The van der Waals surface area contributed by atoms with Gasteiger partial charge in [0.15, 0.2) is 23.2 Å². The van der Waals surface area contributed by atoms with E-state index >= 15 is 4.21 Å². The van der Waals surface area contributed by atoms with Crippen molar-refractivity contribution < 1.29 is 99.3 Å². The number of esters is 1. The zero-order valence-corrected chi connectivity index (χ0v) is 51.5. The minimum atomic E-state index is -2.46. The number of aliphatic hydroxyl groups excluding tert-OH is 3. The van der Waals surface area contributed by atoms with Crippen LogP contribution < -0.4 is 47.1 Å². The average Bonchev–Trinajstić information content (AvgIpc) is 1.80. The molecule has 0 aliphatic carbocycles. The van der Waals surface area contributed by atoms with Gasteiger partial charge in [0.2, 0.25) is 64.6 Å². The van der Waals surface area contributed by atoms with Crippen LogP contribution in [0.5, 0.6) is 11.5 Å². The number of thioether (sulfide) groups is 1. The van der Waals surface area contributed by atoms with Gasteiger partial charge >= 0.3 is 5.97 Å². The topological polar surface area (TPSA) is 401 Å². The molecule has 3 aromatic rings. The third-order valence-corrected chi connectivity index (χ3v) is 18.5. The number of rotatable bonds is 20. The fraction of sp³-hybridized carbons (Fsp3) is 0.569. The number of hydrogen-bond acceptors (Lipinski definition) is 18. The van der Waals surface area contributed by atoms with Gasteiger partial charge in [-0.25, -0.2) is 8.78 Å². The zero-order valence-electron chi connectivity index (χ0n) is 49.9. The Morgan fingerprint density at radius 1 is 0.889 bits per heavy atom. The monoisotopic (exact) mass is 1310 g/mol. The SMILES string of the molecule is CC[C@H](C)[C@@H]1CC(=O)CNC(=O)[C@H]2CC(=O)[C@H]([C@@H](C)[C@@H](O)CO)NC(=O)[C@@H]3C[C@@H](O)CN3C(=O)[C@H](CC(N)=O)NC(=O)[C@H](CS(=O)c3[nH]c4c(CSCCCCNC(=O)CCCC(=O)Oc5c(F)c(F)cc(F)c5F)c(OC)ccc4c3C2)NC(=O)CNC1=O. The molecule has 0 saturated carbocycles. The van der Waals surface area contributed by atoms with Crippen LogP contribution >= 0.6 is 11.8 Å². The molecule has 3 aliphatic heterocycles. The average molecular weight is 1310 g/mol. The van der Waals surface area contributed by atoms with Crippen molar-refractivity contribution in [2.45, 2.75) is 139 Å². The maximum Gasteiger partial charge on any atom is 0.311 e. The Hall–Kier alpha value is -7.55. The number of Topliss-reactive ketones (excluding diaryl/α,β-unsaturated/α-hetero) is 2. The van der Waals surface area contributed by atoms with E-state index in [0.29, 0.717) is 47.2 Å². The van der Waals surface area contributed by atoms with Crippen molar-refractivity contribution in [3.05, 3.63) is 52.6 Å². The van der Waals surface area contributed by atoms with Crippen molar-refractivity contribution in [1.29, 1.82) is 0 Å². The summed E-state index contributed by atoms with van der Waals surface area (Å²) in [7, 11) is -1.07.